The van der Waals surface area contributed by atoms with Crippen molar-refractivity contribution >= 4 is 16.3 Å². The zero-order valence-electron chi connectivity index (χ0n) is 9.89. The molecule has 1 fully saturated rings. The maximum atomic E-state index is 11.9. The molecule has 7 nitrogen and oxygen atoms in total. The number of rotatable bonds is 4. The Morgan fingerprint density at radius 3 is 2.82 bits per heavy atom. The summed E-state index contributed by atoms with van der Waals surface area (Å²) in [5.74, 6) is 0. The summed E-state index contributed by atoms with van der Waals surface area (Å²) in [7, 11) is -2.69. The minimum absolute atomic E-state index is 0.129. The first-order valence-corrected chi connectivity index (χ1v) is 7.03. The molecule has 1 amide bonds. The van der Waals surface area contributed by atoms with Crippen molar-refractivity contribution in [1.29, 1.82) is 0 Å². The van der Waals surface area contributed by atoms with Crippen molar-refractivity contribution in [3.05, 3.63) is 0 Å². The molecule has 1 saturated heterocycles. The van der Waals surface area contributed by atoms with E-state index in [1.54, 1.807) is 0 Å². The number of carbonyl (C=O) groups excluding carboxylic acids is 1. The zero-order chi connectivity index (χ0) is 12.9. The number of nitrogens with one attached hydrogen (secondary N) is 1. The Kier molecular flexibility index (Phi) is 5.16. The number of ether oxygens (including phenoxy) is 1. The standard InChI is InChI=1S/C9H19N3O4S/c1-16-9(13)11-17(14,15)12-7-3-2-4-8(12)5-6-10/h8H,2-7,10H2,1H3,(H,11,13). The Morgan fingerprint density at radius 2 is 2.24 bits per heavy atom. The van der Waals surface area contributed by atoms with Gasteiger partial charge in [0.2, 0.25) is 0 Å². The van der Waals surface area contributed by atoms with Gasteiger partial charge in [-0.1, -0.05) is 6.42 Å². The molecule has 0 spiro atoms. The van der Waals surface area contributed by atoms with Gasteiger partial charge in [0.25, 0.3) is 0 Å². The molecule has 100 valence electrons. The predicted octanol–water partition coefficient (Wildman–Crippen LogP) is -0.209. The Labute approximate surface area is 101 Å². The SMILES string of the molecule is COC(=O)NS(=O)(=O)N1CCCCC1CCN. The molecule has 1 aliphatic rings. The minimum Gasteiger partial charge on any atom is -0.452 e. The van der Waals surface area contributed by atoms with Crippen molar-refractivity contribution in [1.82, 2.24) is 9.03 Å². The van der Waals surface area contributed by atoms with Gasteiger partial charge < -0.3 is 10.5 Å². The van der Waals surface area contributed by atoms with E-state index in [4.69, 9.17) is 5.73 Å². The summed E-state index contributed by atoms with van der Waals surface area (Å²) < 4.78 is 31.3. The van der Waals surface area contributed by atoms with Crippen LogP contribution >= 0.6 is 0 Å². The zero-order valence-corrected chi connectivity index (χ0v) is 10.7. The van der Waals surface area contributed by atoms with Crippen molar-refractivity contribution in [3.8, 4) is 0 Å². The van der Waals surface area contributed by atoms with E-state index in [9.17, 15) is 13.2 Å². The molecule has 0 aromatic carbocycles. The molecular formula is C9H19N3O4S. The second kappa shape index (κ2) is 6.18. The smallest absolute Gasteiger partial charge is 0.421 e. The predicted molar refractivity (Wildman–Crippen MR) is 62.5 cm³/mol. The minimum atomic E-state index is -3.81. The van der Waals surface area contributed by atoms with Gasteiger partial charge in [-0.25, -0.2) is 9.52 Å². The third-order valence-electron chi connectivity index (χ3n) is 2.78. The van der Waals surface area contributed by atoms with E-state index in [1.807, 2.05) is 4.72 Å². The van der Waals surface area contributed by atoms with Gasteiger partial charge in [-0.3, -0.25) is 0 Å². The van der Waals surface area contributed by atoms with E-state index in [2.05, 4.69) is 4.74 Å². The molecule has 8 heteroatoms. The normalized spacial score (nSPS) is 22.1. The lowest BCUT2D eigenvalue weighted by atomic mass is 10.0. The molecule has 3 N–H and O–H groups in total. The quantitative estimate of drug-likeness (QED) is 0.732. The van der Waals surface area contributed by atoms with Crippen LogP contribution < -0.4 is 10.5 Å². The Bertz CT molecular complexity index is 355. The number of nitrogens with two attached hydrogens (primary N) is 1. The Hall–Kier alpha value is -0.860. The van der Waals surface area contributed by atoms with Crippen LogP contribution in [0, 0.1) is 0 Å². The summed E-state index contributed by atoms with van der Waals surface area (Å²) in [5.41, 5.74) is 5.46. The van der Waals surface area contributed by atoms with Gasteiger partial charge >= 0.3 is 16.3 Å². The highest BCUT2D eigenvalue weighted by molar-refractivity contribution is 7.87. The second-order valence-electron chi connectivity index (χ2n) is 3.94. The lowest BCUT2D eigenvalue weighted by Crippen LogP contribution is -2.50. The Balaban J connectivity index is 2.75. The van der Waals surface area contributed by atoms with Gasteiger partial charge in [-0.2, -0.15) is 12.7 Å². The van der Waals surface area contributed by atoms with Crippen LogP contribution in [0.3, 0.4) is 0 Å². The largest absolute Gasteiger partial charge is 0.452 e. The van der Waals surface area contributed by atoms with E-state index in [0.717, 1.165) is 26.4 Å². The van der Waals surface area contributed by atoms with Crippen molar-refractivity contribution in [2.45, 2.75) is 31.7 Å². The second-order valence-corrected chi connectivity index (χ2v) is 5.56. The summed E-state index contributed by atoms with van der Waals surface area (Å²) in [4.78, 5) is 11.0. The van der Waals surface area contributed by atoms with E-state index in [0.29, 0.717) is 19.5 Å². The van der Waals surface area contributed by atoms with Crippen LogP contribution in [-0.2, 0) is 14.9 Å². The summed E-state index contributed by atoms with van der Waals surface area (Å²) in [6.07, 6.45) is 2.18. The average molecular weight is 265 g/mol. The Morgan fingerprint density at radius 1 is 1.53 bits per heavy atom. The molecular weight excluding hydrogens is 246 g/mol. The molecule has 0 aromatic heterocycles. The van der Waals surface area contributed by atoms with Crippen LogP contribution in [-0.4, -0.2) is 45.1 Å². The van der Waals surface area contributed by atoms with Crippen molar-refractivity contribution in [2.75, 3.05) is 20.2 Å². The number of hydrogen-bond donors (Lipinski definition) is 2. The van der Waals surface area contributed by atoms with E-state index < -0.39 is 16.3 Å². The highest BCUT2D eigenvalue weighted by atomic mass is 32.2. The fourth-order valence-corrected chi connectivity index (χ4v) is 3.36. The number of piperidine rings is 1. The van der Waals surface area contributed by atoms with Crippen LogP contribution in [0.2, 0.25) is 0 Å². The van der Waals surface area contributed by atoms with Crippen LogP contribution in [0.15, 0.2) is 0 Å². The topological polar surface area (TPSA) is 102 Å². The number of carbonyl (C=O) groups is 1. The lowest BCUT2D eigenvalue weighted by Gasteiger charge is -2.33. The van der Waals surface area contributed by atoms with E-state index >= 15 is 0 Å². The van der Waals surface area contributed by atoms with Gasteiger partial charge in [0, 0.05) is 12.6 Å². The van der Waals surface area contributed by atoms with Gasteiger partial charge in [0.15, 0.2) is 0 Å². The fraction of sp³-hybridized carbons (Fsp3) is 0.889. The molecule has 0 saturated carbocycles. The number of amides is 1. The van der Waals surface area contributed by atoms with Crippen molar-refractivity contribution < 1.29 is 17.9 Å². The lowest BCUT2D eigenvalue weighted by molar-refractivity contribution is 0.175. The molecule has 1 rings (SSSR count). The average Bonchev–Trinajstić information content (AvgIpc) is 2.29. The molecule has 0 aromatic rings. The molecule has 1 unspecified atom stereocenters. The van der Waals surface area contributed by atoms with Gasteiger partial charge in [0.1, 0.15) is 0 Å². The molecule has 0 aliphatic carbocycles. The highest BCUT2D eigenvalue weighted by Gasteiger charge is 2.32. The summed E-state index contributed by atoms with van der Waals surface area (Å²) in [6, 6.07) is -0.129. The third kappa shape index (κ3) is 3.83. The van der Waals surface area contributed by atoms with Gasteiger partial charge in [-0.15, -0.1) is 0 Å². The van der Waals surface area contributed by atoms with Crippen LogP contribution in [0.25, 0.3) is 0 Å². The first-order chi connectivity index (χ1) is 8.01. The van der Waals surface area contributed by atoms with E-state index in [1.165, 1.54) is 4.31 Å². The third-order valence-corrected chi connectivity index (χ3v) is 4.30. The molecule has 17 heavy (non-hydrogen) atoms. The van der Waals surface area contributed by atoms with Crippen LogP contribution in [0.4, 0.5) is 4.79 Å². The molecule has 0 radical (unpaired) electrons. The molecule has 1 aliphatic heterocycles. The maximum Gasteiger partial charge on any atom is 0.421 e. The summed E-state index contributed by atoms with van der Waals surface area (Å²) in [6.45, 7) is 0.839. The van der Waals surface area contributed by atoms with Crippen molar-refractivity contribution in [3.63, 3.8) is 0 Å². The van der Waals surface area contributed by atoms with Crippen molar-refractivity contribution in [2.24, 2.45) is 5.73 Å². The first kappa shape index (κ1) is 14.2. The maximum absolute atomic E-state index is 11.9. The monoisotopic (exact) mass is 265 g/mol. The highest BCUT2D eigenvalue weighted by Crippen LogP contribution is 2.21. The fourth-order valence-electron chi connectivity index (χ4n) is 1.98. The number of hydrogen-bond acceptors (Lipinski definition) is 5. The summed E-state index contributed by atoms with van der Waals surface area (Å²) in [5, 5.41) is 0. The molecule has 0 bridgehead atoms. The van der Waals surface area contributed by atoms with Crippen LogP contribution in [0.1, 0.15) is 25.7 Å². The number of nitrogens with zero attached hydrogens (tertiary/aromatic N) is 1. The van der Waals surface area contributed by atoms with Gasteiger partial charge in [-0.05, 0) is 25.8 Å². The molecule has 1 atom stereocenters. The first-order valence-electron chi connectivity index (χ1n) is 5.59. The van der Waals surface area contributed by atoms with Gasteiger partial charge in [0.05, 0.1) is 7.11 Å². The van der Waals surface area contributed by atoms with E-state index in [-0.39, 0.29) is 6.04 Å². The summed E-state index contributed by atoms with van der Waals surface area (Å²) >= 11 is 0. The molecule has 1 heterocycles. The number of methoxy groups -OCH3 is 1. The van der Waals surface area contributed by atoms with Crippen LogP contribution in [0.5, 0.6) is 0 Å².